The molecule has 1 fully saturated rings. The number of hydrogen-bond donors (Lipinski definition) is 1. The van der Waals surface area contributed by atoms with Crippen molar-refractivity contribution in [2.75, 3.05) is 18.0 Å². The molecule has 19 heavy (non-hydrogen) atoms. The third kappa shape index (κ3) is 3.96. The zero-order valence-corrected chi connectivity index (χ0v) is 13.8. The Morgan fingerprint density at radius 2 is 2.21 bits per heavy atom. The zero-order chi connectivity index (χ0) is 13.8. The number of halogens is 1. The summed E-state index contributed by atoms with van der Waals surface area (Å²) in [6.07, 6.45) is 2.63. The molecule has 106 valence electrons. The summed E-state index contributed by atoms with van der Waals surface area (Å²) in [6.45, 7) is 10.0. The van der Waals surface area contributed by atoms with Crippen molar-refractivity contribution in [2.24, 2.45) is 5.92 Å². The molecule has 1 aliphatic heterocycles. The molecule has 0 aromatic heterocycles. The molecule has 1 aliphatic rings. The van der Waals surface area contributed by atoms with Crippen LogP contribution in [0.4, 0.5) is 5.69 Å². The fraction of sp³-hybridized carbons (Fsp3) is 0.625. The van der Waals surface area contributed by atoms with Gasteiger partial charge < -0.3 is 10.2 Å². The minimum Gasteiger partial charge on any atom is -0.369 e. The molecule has 0 spiro atoms. The number of nitrogens with one attached hydrogen (secondary N) is 1. The van der Waals surface area contributed by atoms with Crippen molar-refractivity contribution >= 4 is 21.6 Å². The van der Waals surface area contributed by atoms with E-state index in [9.17, 15) is 0 Å². The van der Waals surface area contributed by atoms with Crippen molar-refractivity contribution in [3.8, 4) is 0 Å². The second kappa shape index (κ2) is 6.76. The van der Waals surface area contributed by atoms with Crippen LogP contribution >= 0.6 is 15.9 Å². The van der Waals surface area contributed by atoms with Crippen LogP contribution in [0.5, 0.6) is 0 Å². The maximum atomic E-state index is 3.59. The van der Waals surface area contributed by atoms with Crippen LogP contribution in [0.1, 0.15) is 39.2 Å². The van der Waals surface area contributed by atoms with E-state index in [0.717, 1.165) is 13.1 Å². The topological polar surface area (TPSA) is 15.3 Å². The monoisotopic (exact) mass is 324 g/mol. The van der Waals surface area contributed by atoms with Gasteiger partial charge in [0.1, 0.15) is 0 Å². The van der Waals surface area contributed by atoms with E-state index < -0.39 is 0 Å². The Labute approximate surface area is 125 Å². The quantitative estimate of drug-likeness (QED) is 0.873. The Balaban J connectivity index is 2.13. The van der Waals surface area contributed by atoms with Gasteiger partial charge in [0.25, 0.3) is 0 Å². The number of rotatable bonds is 5. The number of nitrogens with zero attached hydrogens (tertiary/aromatic N) is 1. The molecule has 1 unspecified atom stereocenters. The minimum absolute atomic E-state index is 0.671. The summed E-state index contributed by atoms with van der Waals surface area (Å²) in [5.74, 6) is 0.696. The molecule has 0 amide bonds. The molecule has 0 aliphatic carbocycles. The van der Waals surface area contributed by atoms with E-state index in [0.29, 0.717) is 12.0 Å². The van der Waals surface area contributed by atoms with Crippen molar-refractivity contribution in [3.05, 3.63) is 28.2 Å². The summed E-state index contributed by atoms with van der Waals surface area (Å²) in [7, 11) is 0. The van der Waals surface area contributed by atoms with Crippen LogP contribution in [0.15, 0.2) is 22.7 Å². The maximum absolute atomic E-state index is 3.59. The normalized spacial score (nSPS) is 19.4. The zero-order valence-electron chi connectivity index (χ0n) is 12.2. The highest BCUT2D eigenvalue weighted by Crippen LogP contribution is 2.30. The molecule has 0 bridgehead atoms. The first-order valence-corrected chi connectivity index (χ1v) is 8.13. The van der Waals surface area contributed by atoms with Crippen LogP contribution in [0, 0.1) is 5.92 Å². The van der Waals surface area contributed by atoms with Gasteiger partial charge in [-0.3, -0.25) is 0 Å². The Morgan fingerprint density at radius 1 is 1.42 bits per heavy atom. The molecule has 1 aromatic carbocycles. The van der Waals surface area contributed by atoms with Gasteiger partial charge in [-0.25, -0.2) is 0 Å². The largest absolute Gasteiger partial charge is 0.369 e. The molecule has 1 aromatic rings. The van der Waals surface area contributed by atoms with Gasteiger partial charge >= 0.3 is 0 Å². The molecule has 0 saturated carbocycles. The Hall–Kier alpha value is -0.540. The highest BCUT2D eigenvalue weighted by molar-refractivity contribution is 9.10. The third-order valence-electron chi connectivity index (χ3n) is 3.77. The van der Waals surface area contributed by atoms with E-state index in [2.05, 4.69) is 65.1 Å². The van der Waals surface area contributed by atoms with Gasteiger partial charge in [-0.05, 0) is 56.0 Å². The molecule has 2 rings (SSSR count). The highest BCUT2D eigenvalue weighted by Gasteiger charge is 2.22. The van der Waals surface area contributed by atoms with Gasteiger partial charge in [-0.15, -0.1) is 0 Å². The third-order valence-corrected chi connectivity index (χ3v) is 4.27. The number of hydrogen-bond acceptors (Lipinski definition) is 2. The van der Waals surface area contributed by atoms with Crippen molar-refractivity contribution in [2.45, 2.75) is 46.2 Å². The average Bonchev–Trinajstić information content (AvgIpc) is 2.75. The first-order chi connectivity index (χ1) is 9.08. The van der Waals surface area contributed by atoms with Crippen molar-refractivity contribution in [3.63, 3.8) is 0 Å². The van der Waals surface area contributed by atoms with E-state index in [-0.39, 0.29) is 0 Å². The summed E-state index contributed by atoms with van der Waals surface area (Å²) in [6, 6.07) is 7.35. The molecule has 1 N–H and O–H groups in total. The highest BCUT2D eigenvalue weighted by atomic mass is 79.9. The molecule has 1 saturated heterocycles. The Morgan fingerprint density at radius 3 is 2.84 bits per heavy atom. The van der Waals surface area contributed by atoms with Crippen LogP contribution in [0.2, 0.25) is 0 Å². The first kappa shape index (κ1) is 14.9. The van der Waals surface area contributed by atoms with Crippen molar-refractivity contribution in [1.82, 2.24) is 5.32 Å². The molecular weight excluding hydrogens is 300 g/mol. The van der Waals surface area contributed by atoms with Crippen LogP contribution in [0.3, 0.4) is 0 Å². The van der Waals surface area contributed by atoms with Crippen LogP contribution < -0.4 is 10.2 Å². The fourth-order valence-corrected chi connectivity index (χ4v) is 3.17. The van der Waals surface area contributed by atoms with E-state index >= 15 is 0 Å². The van der Waals surface area contributed by atoms with E-state index in [1.165, 1.54) is 35.1 Å². The first-order valence-electron chi connectivity index (χ1n) is 7.33. The standard InChI is InChI=1S/C16H25BrN2/c1-12(2)10-18-11-14-9-15(17)6-7-16(14)19-8-4-5-13(19)3/h6-7,9,12-13,18H,4-5,8,10-11H2,1-3H3. The molecule has 0 radical (unpaired) electrons. The van der Waals surface area contributed by atoms with Crippen LogP contribution in [0.25, 0.3) is 0 Å². The summed E-state index contributed by atoms with van der Waals surface area (Å²) < 4.78 is 1.17. The van der Waals surface area contributed by atoms with Gasteiger partial charge in [0, 0.05) is 29.3 Å². The maximum Gasteiger partial charge on any atom is 0.0415 e. The predicted octanol–water partition coefficient (Wildman–Crippen LogP) is 4.18. The van der Waals surface area contributed by atoms with E-state index in [4.69, 9.17) is 0 Å². The van der Waals surface area contributed by atoms with Crippen LogP contribution in [-0.4, -0.2) is 19.1 Å². The fourth-order valence-electron chi connectivity index (χ4n) is 2.76. The second-order valence-electron chi connectivity index (χ2n) is 5.98. The van der Waals surface area contributed by atoms with Crippen LogP contribution in [-0.2, 0) is 6.54 Å². The summed E-state index contributed by atoms with van der Waals surface area (Å²) in [5.41, 5.74) is 2.81. The molecule has 1 atom stereocenters. The molecule has 3 heteroatoms. The molecular formula is C16H25BrN2. The van der Waals surface area contributed by atoms with E-state index in [1.807, 2.05) is 0 Å². The Kier molecular flexibility index (Phi) is 5.28. The predicted molar refractivity (Wildman–Crippen MR) is 86.7 cm³/mol. The van der Waals surface area contributed by atoms with E-state index in [1.54, 1.807) is 0 Å². The lowest BCUT2D eigenvalue weighted by Crippen LogP contribution is -2.28. The van der Waals surface area contributed by atoms with Gasteiger partial charge in [-0.2, -0.15) is 0 Å². The number of anilines is 1. The second-order valence-corrected chi connectivity index (χ2v) is 6.90. The lowest BCUT2D eigenvalue weighted by molar-refractivity contribution is 0.551. The van der Waals surface area contributed by atoms with Gasteiger partial charge in [-0.1, -0.05) is 29.8 Å². The summed E-state index contributed by atoms with van der Waals surface area (Å²) >= 11 is 3.59. The average molecular weight is 325 g/mol. The summed E-state index contributed by atoms with van der Waals surface area (Å²) in [5, 5.41) is 3.56. The smallest absolute Gasteiger partial charge is 0.0415 e. The van der Waals surface area contributed by atoms with Gasteiger partial charge in [0.2, 0.25) is 0 Å². The molecule has 1 heterocycles. The lowest BCUT2D eigenvalue weighted by Gasteiger charge is -2.27. The minimum atomic E-state index is 0.671. The lowest BCUT2D eigenvalue weighted by atomic mass is 10.1. The van der Waals surface area contributed by atoms with Crippen molar-refractivity contribution in [1.29, 1.82) is 0 Å². The molecule has 2 nitrogen and oxygen atoms in total. The Bertz CT molecular complexity index is 417. The van der Waals surface area contributed by atoms with Gasteiger partial charge in [0.05, 0.1) is 0 Å². The van der Waals surface area contributed by atoms with Crippen molar-refractivity contribution < 1.29 is 0 Å². The van der Waals surface area contributed by atoms with Gasteiger partial charge in [0.15, 0.2) is 0 Å². The SMILES string of the molecule is CC(C)CNCc1cc(Br)ccc1N1CCCC1C. The number of benzene rings is 1. The summed E-state index contributed by atoms with van der Waals surface area (Å²) in [4.78, 5) is 2.55.